The zero-order chi connectivity index (χ0) is 13.1. The molecule has 1 unspecified atom stereocenters. The molecule has 1 aliphatic carbocycles. The Morgan fingerprint density at radius 1 is 1.33 bits per heavy atom. The second kappa shape index (κ2) is 5.53. The summed E-state index contributed by atoms with van der Waals surface area (Å²) in [6.45, 7) is 0. The van der Waals surface area contributed by atoms with E-state index in [9.17, 15) is 4.79 Å². The molecule has 98 valence electrons. The van der Waals surface area contributed by atoms with Crippen molar-refractivity contribution in [1.82, 2.24) is 4.90 Å². The molecule has 1 aliphatic rings. The molecule has 0 aliphatic heterocycles. The van der Waals surface area contributed by atoms with Gasteiger partial charge < -0.3 is 5.11 Å². The summed E-state index contributed by atoms with van der Waals surface area (Å²) in [5, 5.41) is 9.13. The number of rotatable bonds is 5. The fourth-order valence-corrected chi connectivity index (χ4v) is 2.69. The van der Waals surface area contributed by atoms with Gasteiger partial charge in [-0.25, -0.2) is 0 Å². The molecule has 3 heteroatoms. The molecule has 1 atom stereocenters. The number of likely N-dealkylation sites (N-methyl/N-ethyl adjacent to an activating group) is 1. The Hall–Kier alpha value is -1.35. The molecule has 0 heterocycles. The fraction of sp³-hybridized carbons (Fsp3) is 0.533. The lowest BCUT2D eigenvalue weighted by molar-refractivity contribution is -0.142. The Balaban J connectivity index is 1.99. The highest BCUT2D eigenvalue weighted by Gasteiger charge is 2.19. The largest absolute Gasteiger partial charge is 0.480 e. The van der Waals surface area contributed by atoms with Crippen LogP contribution in [-0.4, -0.2) is 36.1 Å². The molecule has 2 rings (SSSR count). The van der Waals surface area contributed by atoms with Crippen molar-refractivity contribution in [2.75, 3.05) is 14.1 Å². The second-order valence-corrected chi connectivity index (χ2v) is 5.31. The summed E-state index contributed by atoms with van der Waals surface area (Å²) in [6, 6.07) is 6.23. The van der Waals surface area contributed by atoms with Gasteiger partial charge in [0.05, 0.1) is 0 Å². The maximum atomic E-state index is 11.1. The topological polar surface area (TPSA) is 40.5 Å². The SMILES string of the molecule is CN(C)C(CCc1ccc2c(c1)CCC2)C(=O)O. The van der Waals surface area contributed by atoms with E-state index < -0.39 is 12.0 Å². The van der Waals surface area contributed by atoms with Crippen molar-refractivity contribution in [3.8, 4) is 0 Å². The number of nitrogens with zero attached hydrogens (tertiary/aromatic N) is 1. The molecule has 1 aromatic carbocycles. The Morgan fingerprint density at radius 3 is 2.72 bits per heavy atom. The predicted molar refractivity (Wildman–Crippen MR) is 71.9 cm³/mol. The number of hydrogen-bond acceptors (Lipinski definition) is 2. The average Bonchev–Trinajstić information content (AvgIpc) is 2.75. The lowest BCUT2D eigenvalue weighted by Gasteiger charge is -2.19. The standard InChI is InChI=1S/C15H21NO2/c1-16(2)14(15(17)18)9-7-11-6-8-12-4-3-5-13(12)10-11/h6,8,10,14H,3-5,7,9H2,1-2H3,(H,17,18). The van der Waals surface area contributed by atoms with Gasteiger partial charge in [-0.15, -0.1) is 0 Å². The first-order chi connectivity index (χ1) is 8.58. The first-order valence-electron chi connectivity index (χ1n) is 6.58. The third kappa shape index (κ3) is 2.91. The van der Waals surface area contributed by atoms with E-state index in [-0.39, 0.29) is 0 Å². The molecule has 0 radical (unpaired) electrons. The van der Waals surface area contributed by atoms with E-state index in [0.717, 1.165) is 6.42 Å². The van der Waals surface area contributed by atoms with Gasteiger partial charge in [-0.1, -0.05) is 18.2 Å². The Bertz CT molecular complexity index is 440. The predicted octanol–water partition coefficient (Wildman–Crippen LogP) is 2.12. The van der Waals surface area contributed by atoms with Crippen molar-refractivity contribution in [3.63, 3.8) is 0 Å². The van der Waals surface area contributed by atoms with Gasteiger partial charge in [-0.3, -0.25) is 9.69 Å². The lowest BCUT2D eigenvalue weighted by atomic mass is 10.0. The third-order valence-corrected chi connectivity index (χ3v) is 3.78. The van der Waals surface area contributed by atoms with Crippen LogP contribution >= 0.6 is 0 Å². The molecule has 0 aromatic heterocycles. The molecule has 0 saturated carbocycles. The highest BCUT2D eigenvalue weighted by atomic mass is 16.4. The smallest absolute Gasteiger partial charge is 0.320 e. The monoisotopic (exact) mass is 247 g/mol. The Labute approximate surface area is 108 Å². The van der Waals surface area contributed by atoms with E-state index in [4.69, 9.17) is 5.11 Å². The van der Waals surface area contributed by atoms with E-state index >= 15 is 0 Å². The van der Waals surface area contributed by atoms with Crippen LogP contribution in [0.2, 0.25) is 0 Å². The number of benzene rings is 1. The second-order valence-electron chi connectivity index (χ2n) is 5.31. The van der Waals surface area contributed by atoms with Crippen molar-refractivity contribution in [3.05, 3.63) is 34.9 Å². The van der Waals surface area contributed by atoms with E-state index in [1.165, 1.54) is 36.0 Å². The van der Waals surface area contributed by atoms with Crippen molar-refractivity contribution in [1.29, 1.82) is 0 Å². The van der Waals surface area contributed by atoms with Crippen molar-refractivity contribution >= 4 is 5.97 Å². The molecule has 1 N–H and O–H groups in total. The van der Waals surface area contributed by atoms with Crippen LogP contribution in [0.1, 0.15) is 29.5 Å². The van der Waals surface area contributed by atoms with Crippen LogP contribution in [0.5, 0.6) is 0 Å². The van der Waals surface area contributed by atoms with Crippen LogP contribution in [0.3, 0.4) is 0 Å². The first kappa shape index (κ1) is 13.1. The first-order valence-corrected chi connectivity index (χ1v) is 6.58. The van der Waals surface area contributed by atoms with Crippen LogP contribution in [-0.2, 0) is 24.1 Å². The minimum atomic E-state index is -0.735. The van der Waals surface area contributed by atoms with Gasteiger partial charge in [-0.2, -0.15) is 0 Å². The molecule has 3 nitrogen and oxygen atoms in total. The summed E-state index contributed by atoms with van der Waals surface area (Å²) in [5.41, 5.74) is 4.20. The highest BCUT2D eigenvalue weighted by molar-refractivity contribution is 5.73. The van der Waals surface area contributed by atoms with E-state index in [0.29, 0.717) is 6.42 Å². The number of hydrogen-bond donors (Lipinski definition) is 1. The summed E-state index contributed by atoms with van der Waals surface area (Å²) in [7, 11) is 3.64. The number of carbonyl (C=O) groups is 1. The molecule has 0 amide bonds. The summed E-state index contributed by atoms with van der Waals surface area (Å²) in [6.07, 6.45) is 5.14. The molecular formula is C15H21NO2. The van der Waals surface area contributed by atoms with Crippen LogP contribution in [0.25, 0.3) is 0 Å². The summed E-state index contributed by atoms with van der Waals surface area (Å²) in [5.74, 6) is -0.735. The van der Waals surface area contributed by atoms with Gasteiger partial charge in [-0.05, 0) is 62.9 Å². The molecule has 1 aromatic rings. The zero-order valence-electron chi connectivity index (χ0n) is 11.1. The lowest BCUT2D eigenvalue weighted by Crippen LogP contribution is -2.35. The van der Waals surface area contributed by atoms with Crippen LogP contribution in [0.15, 0.2) is 18.2 Å². The Morgan fingerprint density at radius 2 is 2.06 bits per heavy atom. The average molecular weight is 247 g/mol. The minimum absolute atomic E-state index is 0.391. The minimum Gasteiger partial charge on any atom is -0.480 e. The zero-order valence-corrected chi connectivity index (χ0v) is 11.1. The molecule has 0 bridgehead atoms. The number of aliphatic carboxylic acids is 1. The molecule has 18 heavy (non-hydrogen) atoms. The molecular weight excluding hydrogens is 226 g/mol. The normalized spacial score (nSPS) is 15.7. The highest BCUT2D eigenvalue weighted by Crippen LogP contribution is 2.23. The number of aryl methyl sites for hydroxylation is 3. The van der Waals surface area contributed by atoms with Gasteiger partial charge in [0.1, 0.15) is 6.04 Å². The van der Waals surface area contributed by atoms with E-state index in [2.05, 4.69) is 18.2 Å². The van der Waals surface area contributed by atoms with Crippen LogP contribution < -0.4 is 0 Å². The van der Waals surface area contributed by atoms with Crippen molar-refractivity contribution in [2.45, 2.75) is 38.1 Å². The third-order valence-electron chi connectivity index (χ3n) is 3.78. The van der Waals surface area contributed by atoms with Crippen LogP contribution in [0.4, 0.5) is 0 Å². The van der Waals surface area contributed by atoms with Gasteiger partial charge in [0, 0.05) is 0 Å². The van der Waals surface area contributed by atoms with E-state index in [1.807, 2.05) is 14.1 Å². The van der Waals surface area contributed by atoms with Gasteiger partial charge in [0.25, 0.3) is 0 Å². The molecule has 0 spiro atoms. The fourth-order valence-electron chi connectivity index (χ4n) is 2.69. The maximum absolute atomic E-state index is 11.1. The maximum Gasteiger partial charge on any atom is 0.320 e. The molecule has 0 saturated heterocycles. The van der Waals surface area contributed by atoms with Crippen molar-refractivity contribution < 1.29 is 9.90 Å². The number of carboxylic acids is 1. The summed E-state index contributed by atoms with van der Waals surface area (Å²) in [4.78, 5) is 12.9. The summed E-state index contributed by atoms with van der Waals surface area (Å²) >= 11 is 0. The quantitative estimate of drug-likeness (QED) is 0.866. The number of fused-ring (bicyclic) bond motifs is 1. The van der Waals surface area contributed by atoms with Crippen molar-refractivity contribution in [2.24, 2.45) is 0 Å². The van der Waals surface area contributed by atoms with Gasteiger partial charge in [0.15, 0.2) is 0 Å². The van der Waals surface area contributed by atoms with Gasteiger partial charge in [0.2, 0.25) is 0 Å². The number of carboxylic acid groups (broad SMARTS) is 1. The van der Waals surface area contributed by atoms with Gasteiger partial charge >= 0.3 is 5.97 Å². The molecule has 0 fully saturated rings. The summed E-state index contributed by atoms with van der Waals surface area (Å²) < 4.78 is 0. The van der Waals surface area contributed by atoms with Crippen LogP contribution in [0, 0.1) is 0 Å². The Kier molecular flexibility index (Phi) is 4.02. The van der Waals surface area contributed by atoms with E-state index in [1.54, 1.807) is 4.90 Å².